The third kappa shape index (κ3) is 2.04. The zero-order chi connectivity index (χ0) is 11.7. The Labute approximate surface area is 104 Å². The van der Waals surface area contributed by atoms with Crippen molar-refractivity contribution in [2.75, 3.05) is 6.61 Å². The second-order valence-corrected chi connectivity index (χ2v) is 5.10. The monoisotopic (exact) mass is 287 g/mol. The van der Waals surface area contributed by atoms with Crippen LogP contribution in [-0.4, -0.2) is 22.5 Å². The van der Waals surface area contributed by atoms with Gasteiger partial charge in [-0.25, -0.2) is 0 Å². The predicted octanol–water partition coefficient (Wildman–Crippen LogP) is 2.09. The maximum absolute atomic E-state index is 6.34. The molecule has 1 aromatic rings. The van der Waals surface area contributed by atoms with E-state index in [1.807, 2.05) is 10.9 Å². The van der Waals surface area contributed by atoms with Gasteiger partial charge in [0, 0.05) is 19.1 Å². The second-order valence-electron chi connectivity index (χ2n) is 4.25. The van der Waals surface area contributed by atoms with E-state index < -0.39 is 0 Å². The molecule has 4 nitrogen and oxygen atoms in total. The lowest BCUT2D eigenvalue weighted by Gasteiger charge is -2.23. The van der Waals surface area contributed by atoms with Crippen LogP contribution in [-0.2, 0) is 11.3 Å². The Balaban J connectivity index is 2.25. The molecule has 0 saturated carbocycles. The summed E-state index contributed by atoms with van der Waals surface area (Å²) in [6.07, 6.45) is 3.09. The summed E-state index contributed by atoms with van der Waals surface area (Å²) < 4.78 is 8.53. The number of aryl methyl sites for hydroxylation is 1. The number of rotatable bonds is 3. The number of aromatic nitrogens is 2. The molecule has 0 spiro atoms. The molecule has 0 bridgehead atoms. The minimum atomic E-state index is -0.00525. The largest absolute Gasteiger partial charge is 0.378 e. The lowest BCUT2D eigenvalue weighted by Crippen LogP contribution is -2.29. The summed E-state index contributed by atoms with van der Waals surface area (Å²) in [7, 11) is 0. The van der Waals surface area contributed by atoms with Crippen molar-refractivity contribution in [2.24, 2.45) is 11.7 Å². The molecular formula is C11H18BrN3O. The molecule has 1 fully saturated rings. The summed E-state index contributed by atoms with van der Waals surface area (Å²) in [5.74, 6) is 0.387. The van der Waals surface area contributed by atoms with Gasteiger partial charge in [-0.1, -0.05) is 0 Å². The summed E-state index contributed by atoms with van der Waals surface area (Å²) in [5.41, 5.74) is 7.43. The van der Waals surface area contributed by atoms with Gasteiger partial charge in [0.15, 0.2) is 0 Å². The number of hydrogen-bond donors (Lipinski definition) is 1. The average molecular weight is 288 g/mol. The molecule has 1 aliphatic rings. The highest BCUT2D eigenvalue weighted by Crippen LogP contribution is 2.34. The molecule has 0 amide bonds. The van der Waals surface area contributed by atoms with Gasteiger partial charge in [0.05, 0.1) is 28.5 Å². The molecule has 90 valence electrons. The molecule has 3 unspecified atom stereocenters. The maximum atomic E-state index is 6.34. The summed E-state index contributed by atoms with van der Waals surface area (Å²) >= 11 is 3.52. The van der Waals surface area contributed by atoms with Crippen molar-refractivity contribution < 1.29 is 4.74 Å². The molecule has 1 saturated heterocycles. The maximum Gasteiger partial charge on any atom is 0.0697 e. The summed E-state index contributed by atoms with van der Waals surface area (Å²) in [4.78, 5) is 0. The minimum Gasteiger partial charge on any atom is -0.378 e. The van der Waals surface area contributed by atoms with Crippen LogP contribution < -0.4 is 5.73 Å². The SMILES string of the molecule is CCn1ncc(Br)c1C(N)C1CCOC1C. The highest BCUT2D eigenvalue weighted by molar-refractivity contribution is 9.10. The van der Waals surface area contributed by atoms with Crippen LogP contribution in [0.1, 0.15) is 32.0 Å². The molecule has 2 N–H and O–H groups in total. The smallest absolute Gasteiger partial charge is 0.0697 e. The van der Waals surface area contributed by atoms with E-state index in [0.717, 1.165) is 29.7 Å². The first-order valence-electron chi connectivity index (χ1n) is 5.73. The number of nitrogens with zero attached hydrogens (tertiary/aromatic N) is 2. The van der Waals surface area contributed by atoms with E-state index in [1.165, 1.54) is 0 Å². The molecule has 0 aromatic carbocycles. The number of halogens is 1. The van der Waals surface area contributed by atoms with Crippen LogP contribution in [0.25, 0.3) is 0 Å². The van der Waals surface area contributed by atoms with E-state index in [-0.39, 0.29) is 12.1 Å². The van der Waals surface area contributed by atoms with Gasteiger partial charge in [-0.3, -0.25) is 4.68 Å². The molecule has 2 rings (SSSR count). The molecule has 1 aromatic heterocycles. The summed E-state index contributed by atoms with van der Waals surface area (Å²) in [6, 6.07) is -0.00525. The molecule has 2 heterocycles. The van der Waals surface area contributed by atoms with E-state index in [9.17, 15) is 0 Å². The van der Waals surface area contributed by atoms with Gasteiger partial charge in [0.25, 0.3) is 0 Å². The fourth-order valence-electron chi connectivity index (χ4n) is 2.38. The number of nitrogens with two attached hydrogens (primary N) is 1. The Hall–Kier alpha value is -0.390. The Kier molecular flexibility index (Phi) is 3.66. The van der Waals surface area contributed by atoms with Crippen LogP contribution in [0.3, 0.4) is 0 Å². The molecule has 0 aliphatic carbocycles. The first-order valence-corrected chi connectivity index (χ1v) is 6.52. The summed E-state index contributed by atoms with van der Waals surface area (Å²) in [5, 5.41) is 4.30. The molecule has 3 atom stereocenters. The van der Waals surface area contributed by atoms with E-state index in [1.54, 1.807) is 0 Å². The van der Waals surface area contributed by atoms with Crippen LogP contribution >= 0.6 is 15.9 Å². The summed E-state index contributed by atoms with van der Waals surface area (Å²) in [6.45, 7) is 5.83. The fraction of sp³-hybridized carbons (Fsp3) is 0.727. The fourth-order valence-corrected chi connectivity index (χ4v) is 2.94. The van der Waals surface area contributed by atoms with Crippen LogP contribution in [0.2, 0.25) is 0 Å². The highest BCUT2D eigenvalue weighted by Gasteiger charge is 2.33. The van der Waals surface area contributed by atoms with Gasteiger partial charge in [-0.2, -0.15) is 5.10 Å². The standard InChI is InChI=1S/C11H18BrN3O/c1-3-15-11(9(12)6-14-15)10(13)8-4-5-16-7(8)2/h6-8,10H,3-5,13H2,1-2H3. The lowest BCUT2D eigenvalue weighted by atomic mass is 9.92. The number of hydrogen-bond acceptors (Lipinski definition) is 3. The van der Waals surface area contributed by atoms with Crippen LogP contribution in [0.15, 0.2) is 10.7 Å². The van der Waals surface area contributed by atoms with Crippen LogP contribution in [0.4, 0.5) is 0 Å². The third-order valence-corrected chi connectivity index (χ3v) is 3.96. The predicted molar refractivity (Wildman–Crippen MR) is 66.1 cm³/mol. The normalized spacial score (nSPS) is 27.2. The Morgan fingerprint density at radius 3 is 3.06 bits per heavy atom. The highest BCUT2D eigenvalue weighted by atomic mass is 79.9. The van der Waals surface area contributed by atoms with E-state index >= 15 is 0 Å². The minimum absolute atomic E-state index is 0.00525. The Morgan fingerprint density at radius 2 is 2.50 bits per heavy atom. The average Bonchev–Trinajstić information content (AvgIpc) is 2.83. The van der Waals surface area contributed by atoms with Gasteiger partial charge in [0.1, 0.15) is 0 Å². The van der Waals surface area contributed by atoms with Gasteiger partial charge in [-0.15, -0.1) is 0 Å². The van der Waals surface area contributed by atoms with E-state index in [4.69, 9.17) is 10.5 Å². The Morgan fingerprint density at radius 1 is 1.75 bits per heavy atom. The zero-order valence-electron chi connectivity index (χ0n) is 9.69. The second kappa shape index (κ2) is 4.85. The molecular weight excluding hydrogens is 270 g/mol. The zero-order valence-corrected chi connectivity index (χ0v) is 11.3. The van der Waals surface area contributed by atoms with Gasteiger partial charge >= 0.3 is 0 Å². The van der Waals surface area contributed by atoms with Crippen LogP contribution in [0, 0.1) is 5.92 Å². The molecule has 0 radical (unpaired) electrons. The molecule has 16 heavy (non-hydrogen) atoms. The quantitative estimate of drug-likeness (QED) is 0.926. The molecule has 5 heteroatoms. The first kappa shape index (κ1) is 12.1. The topological polar surface area (TPSA) is 53.1 Å². The van der Waals surface area contributed by atoms with Gasteiger partial charge in [-0.05, 0) is 36.2 Å². The van der Waals surface area contributed by atoms with Crippen molar-refractivity contribution in [2.45, 2.75) is 39.0 Å². The van der Waals surface area contributed by atoms with E-state index in [2.05, 4.69) is 34.9 Å². The van der Waals surface area contributed by atoms with Crippen molar-refractivity contribution in [3.8, 4) is 0 Å². The van der Waals surface area contributed by atoms with Crippen molar-refractivity contribution in [3.63, 3.8) is 0 Å². The van der Waals surface area contributed by atoms with Gasteiger partial charge in [0.2, 0.25) is 0 Å². The third-order valence-electron chi connectivity index (χ3n) is 3.34. The Bertz CT molecular complexity index is 366. The van der Waals surface area contributed by atoms with Crippen molar-refractivity contribution in [3.05, 3.63) is 16.4 Å². The number of ether oxygens (including phenoxy) is 1. The van der Waals surface area contributed by atoms with E-state index in [0.29, 0.717) is 5.92 Å². The van der Waals surface area contributed by atoms with Crippen molar-refractivity contribution >= 4 is 15.9 Å². The first-order chi connectivity index (χ1) is 7.65. The van der Waals surface area contributed by atoms with Gasteiger partial charge < -0.3 is 10.5 Å². The lowest BCUT2D eigenvalue weighted by molar-refractivity contribution is 0.0986. The van der Waals surface area contributed by atoms with Crippen LogP contribution in [0.5, 0.6) is 0 Å². The van der Waals surface area contributed by atoms with Crippen molar-refractivity contribution in [1.82, 2.24) is 9.78 Å². The van der Waals surface area contributed by atoms with Crippen molar-refractivity contribution in [1.29, 1.82) is 0 Å². The molecule has 1 aliphatic heterocycles.